The maximum atomic E-state index is 3.54. The van der Waals surface area contributed by atoms with Crippen LogP contribution in [0.2, 0.25) is 0 Å². The van der Waals surface area contributed by atoms with Crippen molar-refractivity contribution in [3.63, 3.8) is 0 Å². The minimum atomic E-state index is 1.08. The number of hydrogen-bond acceptors (Lipinski definition) is 1. The van der Waals surface area contributed by atoms with Gasteiger partial charge in [-0.15, -0.1) is 0 Å². The molecule has 1 aliphatic rings. The number of benzene rings is 1. The summed E-state index contributed by atoms with van der Waals surface area (Å²) in [5, 5.41) is 1.41. The van der Waals surface area contributed by atoms with Crippen molar-refractivity contribution in [2.75, 3.05) is 13.6 Å². The number of aromatic amines is 1. The van der Waals surface area contributed by atoms with E-state index in [0.717, 1.165) is 13.0 Å². The third-order valence-electron chi connectivity index (χ3n) is 3.32. The van der Waals surface area contributed by atoms with Gasteiger partial charge >= 0.3 is 0 Å². The molecule has 2 aromatic rings. The molecular weight excluding hydrogens is 208 g/mol. The second-order valence-corrected chi connectivity index (χ2v) is 4.62. The van der Waals surface area contributed by atoms with E-state index in [0.29, 0.717) is 0 Å². The Hall–Kier alpha value is -1.28. The Labute approximate surface area is 104 Å². The van der Waals surface area contributed by atoms with Crippen LogP contribution in [-0.2, 0) is 13.0 Å². The number of nitrogens with zero attached hydrogens (tertiary/aromatic N) is 1. The number of aryl methyl sites for hydroxylation is 1. The summed E-state index contributed by atoms with van der Waals surface area (Å²) >= 11 is 0. The molecule has 0 saturated heterocycles. The topological polar surface area (TPSA) is 19.0 Å². The molecular formula is C15H22N2. The molecule has 3 rings (SSSR count). The van der Waals surface area contributed by atoms with Crippen molar-refractivity contribution in [1.82, 2.24) is 9.88 Å². The summed E-state index contributed by atoms with van der Waals surface area (Å²) in [7, 11) is 2.19. The summed E-state index contributed by atoms with van der Waals surface area (Å²) in [4.78, 5) is 5.92. The molecule has 0 amide bonds. The Morgan fingerprint density at radius 2 is 2.00 bits per heavy atom. The Morgan fingerprint density at radius 1 is 1.24 bits per heavy atom. The summed E-state index contributed by atoms with van der Waals surface area (Å²) in [5.74, 6) is 0. The van der Waals surface area contributed by atoms with Crippen LogP contribution in [-0.4, -0.2) is 23.5 Å². The second-order valence-electron chi connectivity index (χ2n) is 4.62. The summed E-state index contributed by atoms with van der Waals surface area (Å²) in [5.41, 5.74) is 5.58. The number of hydrogen-bond donors (Lipinski definition) is 1. The highest BCUT2D eigenvalue weighted by Gasteiger charge is 2.17. The van der Waals surface area contributed by atoms with E-state index in [-0.39, 0.29) is 0 Å². The summed E-state index contributed by atoms with van der Waals surface area (Å²) in [6.07, 6.45) is 1.15. The average molecular weight is 230 g/mol. The fourth-order valence-electron chi connectivity index (χ4n) is 2.46. The van der Waals surface area contributed by atoms with E-state index in [1.165, 1.54) is 34.3 Å². The second kappa shape index (κ2) is 4.92. The van der Waals surface area contributed by atoms with Crippen molar-refractivity contribution in [3.8, 4) is 0 Å². The van der Waals surface area contributed by atoms with Crippen LogP contribution in [0.5, 0.6) is 0 Å². The van der Waals surface area contributed by atoms with E-state index in [2.05, 4.69) is 42.1 Å². The lowest BCUT2D eigenvalue weighted by Crippen LogP contribution is -2.25. The SMILES string of the molecule is CC.Cc1ccc2[nH]c3c(c2c1)CN(C)CC3. The van der Waals surface area contributed by atoms with Gasteiger partial charge < -0.3 is 9.88 Å². The predicted molar refractivity (Wildman–Crippen MR) is 74.4 cm³/mol. The zero-order valence-electron chi connectivity index (χ0n) is 11.3. The van der Waals surface area contributed by atoms with Crippen LogP contribution in [0.15, 0.2) is 18.2 Å². The average Bonchev–Trinajstić information content (AvgIpc) is 2.69. The van der Waals surface area contributed by atoms with E-state index in [1.54, 1.807) is 0 Å². The van der Waals surface area contributed by atoms with Gasteiger partial charge in [0.25, 0.3) is 0 Å². The van der Waals surface area contributed by atoms with Gasteiger partial charge in [0.1, 0.15) is 0 Å². The molecule has 0 unspecified atom stereocenters. The van der Waals surface area contributed by atoms with Crippen molar-refractivity contribution in [2.24, 2.45) is 0 Å². The molecule has 17 heavy (non-hydrogen) atoms. The van der Waals surface area contributed by atoms with Crippen LogP contribution in [0.25, 0.3) is 10.9 Å². The Balaban J connectivity index is 0.000000514. The molecule has 0 spiro atoms. The Bertz CT molecular complexity index is 511. The van der Waals surface area contributed by atoms with Gasteiger partial charge in [-0.1, -0.05) is 25.5 Å². The van der Waals surface area contributed by atoms with Gasteiger partial charge in [0.15, 0.2) is 0 Å². The van der Waals surface area contributed by atoms with Crippen molar-refractivity contribution < 1.29 is 0 Å². The highest BCUT2D eigenvalue weighted by Crippen LogP contribution is 2.27. The quantitative estimate of drug-likeness (QED) is 0.734. The van der Waals surface area contributed by atoms with Crippen molar-refractivity contribution >= 4 is 10.9 Å². The van der Waals surface area contributed by atoms with Crippen molar-refractivity contribution in [2.45, 2.75) is 33.7 Å². The first-order chi connectivity index (χ1) is 8.24. The van der Waals surface area contributed by atoms with Crippen LogP contribution < -0.4 is 0 Å². The largest absolute Gasteiger partial charge is 0.358 e. The molecule has 1 aromatic heterocycles. The van der Waals surface area contributed by atoms with Crippen LogP contribution in [0.4, 0.5) is 0 Å². The molecule has 1 aromatic carbocycles. The van der Waals surface area contributed by atoms with Crippen molar-refractivity contribution in [3.05, 3.63) is 35.0 Å². The minimum Gasteiger partial charge on any atom is -0.358 e. The van der Waals surface area contributed by atoms with Crippen LogP contribution in [0.3, 0.4) is 0 Å². The smallest absolute Gasteiger partial charge is 0.0459 e. The van der Waals surface area contributed by atoms with E-state index < -0.39 is 0 Å². The highest BCUT2D eigenvalue weighted by molar-refractivity contribution is 5.85. The lowest BCUT2D eigenvalue weighted by Gasteiger charge is -2.22. The van der Waals surface area contributed by atoms with Gasteiger partial charge in [0, 0.05) is 36.1 Å². The molecule has 0 saturated carbocycles. The minimum absolute atomic E-state index is 1.08. The first-order valence-corrected chi connectivity index (χ1v) is 6.52. The zero-order valence-corrected chi connectivity index (χ0v) is 11.3. The van der Waals surface area contributed by atoms with E-state index in [1.807, 2.05) is 13.8 Å². The Kier molecular flexibility index (Phi) is 3.53. The van der Waals surface area contributed by atoms with Gasteiger partial charge in [0.05, 0.1) is 0 Å². The number of aromatic nitrogens is 1. The van der Waals surface area contributed by atoms with Gasteiger partial charge in [0.2, 0.25) is 0 Å². The summed E-state index contributed by atoms with van der Waals surface area (Å²) in [6, 6.07) is 6.67. The van der Waals surface area contributed by atoms with Crippen LogP contribution >= 0.6 is 0 Å². The van der Waals surface area contributed by atoms with E-state index >= 15 is 0 Å². The molecule has 0 radical (unpaired) electrons. The fraction of sp³-hybridized carbons (Fsp3) is 0.467. The number of fused-ring (bicyclic) bond motifs is 3. The summed E-state index contributed by atoms with van der Waals surface area (Å²) in [6.45, 7) is 8.41. The lowest BCUT2D eigenvalue weighted by atomic mass is 10.0. The lowest BCUT2D eigenvalue weighted by molar-refractivity contribution is 0.313. The van der Waals surface area contributed by atoms with E-state index in [4.69, 9.17) is 0 Å². The van der Waals surface area contributed by atoms with Gasteiger partial charge in [-0.05, 0) is 31.7 Å². The van der Waals surface area contributed by atoms with Crippen LogP contribution in [0, 0.1) is 6.92 Å². The molecule has 0 atom stereocenters. The number of likely N-dealkylation sites (N-methyl/N-ethyl adjacent to an activating group) is 1. The molecule has 2 heteroatoms. The normalized spacial score (nSPS) is 15.3. The predicted octanol–water partition coefficient (Wildman–Crippen LogP) is 3.49. The van der Waals surface area contributed by atoms with Gasteiger partial charge in [-0.3, -0.25) is 0 Å². The molecule has 2 heterocycles. The fourth-order valence-corrected chi connectivity index (χ4v) is 2.46. The highest BCUT2D eigenvalue weighted by atomic mass is 15.1. The van der Waals surface area contributed by atoms with Crippen molar-refractivity contribution in [1.29, 1.82) is 0 Å². The van der Waals surface area contributed by atoms with Gasteiger partial charge in [-0.25, -0.2) is 0 Å². The molecule has 1 aliphatic heterocycles. The van der Waals surface area contributed by atoms with Crippen LogP contribution in [0.1, 0.15) is 30.7 Å². The monoisotopic (exact) mass is 230 g/mol. The maximum absolute atomic E-state index is 3.54. The molecule has 2 nitrogen and oxygen atoms in total. The molecule has 92 valence electrons. The van der Waals surface area contributed by atoms with E-state index in [9.17, 15) is 0 Å². The maximum Gasteiger partial charge on any atom is 0.0459 e. The number of nitrogens with one attached hydrogen (secondary N) is 1. The molecule has 0 aliphatic carbocycles. The summed E-state index contributed by atoms with van der Waals surface area (Å²) < 4.78 is 0. The third-order valence-corrected chi connectivity index (χ3v) is 3.32. The molecule has 0 fully saturated rings. The standard InChI is InChI=1S/C13H16N2.C2H6/c1-9-3-4-12-10(7-9)11-8-15(2)6-5-13(11)14-12;1-2/h3-4,7,14H,5-6,8H2,1-2H3;1-2H3. The number of H-pyrrole nitrogens is 1. The third kappa shape index (κ3) is 2.22. The first kappa shape index (κ1) is 12.2. The zero-order chi connectivity index (χ0) is 12.4. The number of rotatable bonds is 0. The molecule has 0 bridgehead atoms. The molecule has 1 N–H and O–H groups in total. The first-order valence-electron chi connectivity index (χ1n) is 6.52. The Morgan fingerprint density at radius 3 is 2.76 bits per heavy atom. The van der Waals surface area contributed by atoms with Gasteiger partial charge in [-0.2, -0.15) is 0 Å².